The summed E-state index contributed by atoms with van der Waals surface area (Å²) in [6.45, 7) is 2.73. The van der Waals surface area contributed by atoms with Crippen LogP contribution in [0, 0.1) is 5.92 Å². The highest BCUT2D eigenvalue weighted by atomic mass is 79.9. The summed E-state index contributed by atoms with van der Waals surface area (Å²) in [7, 11) is 0. The second-order valence-corrected chi connectivity index (χ2v) is 4.19. The minimum atomic E-state index is -0.0112. The monoisotopic (exact) mass is 220 g/mol. The number of ether oxygens (including phenoxy) is 1. The van der Waals surface area contributed by atoms with E-state index in [1.54, 1.807) is 0 Å². The lowest BCUT2D eigenvalue weighted by Crippen LogP contribution is -2.12. The second kappa shape index (κ2) is 4.10. The Labute approximate surface area is 75.4 Å². The van der Waals surface area contributed by atoms with Crippen molar-refractivity contribution in [2.24, 2.45) is 5.92 Å². The predicted molar refractivity (Wildman–Crippen MR) is 46.7 cm³/mol. The lowest BCUT2D eigenvalue weighted by molar-refractivity contribution is -0.141. The number of halogens is 1. The molecule has 1 aliphatic heterocycles. The van der Waals surface area contributed by atoms with Crippen LogP contribution < -0.4 is 0 Å². The molecule has 2 atom stereocenters. The molecule has 0 amide bonds. The molecule has 0 saturated carbocycles. The zero-order valence-electron chi connectivity index (χ0n) is 6.68. The van der Waals surface area contributed by atoms with Crippen molar-refractivity contribution in [1.82, 2.24) is 0 Å². The van der Waals surface area contributed by atoms with E-state index in [9.17, 15) is 4.79 Å². The molecule has 0 aromatic carbocycles. The Balaban J connectivity index is 2.30. The number of rotatable bonds is 3. The van der Waals surface area contributed by atoms with Crippen LogP contribution >= 0.6 is 15.9 Å². The van der Waals surface area contributed by atoms with Gasteiger partial charge in [-0.05, 0) is 19.3 Å². The first-order valence-corrected chi connectivity index (χ1v) is 4.96. The van der Waals surface area contributed by atoms with Gasteiger partial charge in [-0.15, -0.1) is 0 Å². The third kappa shape index (κ3) is 2.47. The van der Waals surface area contributed by atoms with Crippen LogP contribution in [-0.2, 0) is 9.53 Å². The van der Waals surface area contributed by atoms with Crippen molar-refractivity contribution in [2.75, 3.05) is 6.61 Å². The SMILES string of the molecule is CCC(Br)CC1CCOC1=O. The fourth-order valence-electron chi connectivity index (χ4n) is 1.23. The van der Waals surface area contributed by atoms with Crippen molar-refractivity contribution in [3.63, 3.8) is 0 Å². The number of hydrogen-bond donors (Lipinski definition) is 0. The quantitative estimate of drug-likeness (QED) is 0.539. The molecule has 2 unspecified atom stereocenters. The first kappa shape index (κ1) is 9.04. The van der Waals surface area contributed by atoms with Crippen LogP contribution in [0.15, 0.2) is 0 Å². The lowest BCUT2D eigenvalue weighted by Gasteiger charge is -2.08. The molecule has 1 fully saturated rings. The molecule has 1 saturated heterocycles. The number of alkyl halides is 1. The van der Waals surface area contributed by atoms with Gasteiger partial charge in [-0.2, -0.15) is 0 Å². The summed E-state index contributed by atoms with van der Waals surface area (Å²) in [5, 5.41) is 0. The van der Waals surface area contributed by atoms with Crippen LogP contribution in [0.2, 0.25) is 0 Å². The minimum absolute atomic E-state index is 0.0112. The summed E-state index contributed by atoms with van der Waals surface area (Å²) >= 11 is 3.51. The van der Waals surface area contributed by atoms with Gasteiger partial charge >= 0.3 is 5.97 Å². The van der Waals surface area contributed by atoms with E-state index in [1.807, 2.05) is 0 Å². The molecule has 0 spiro atoms. The Morgan fingerprint density at radius 1 is 1.82 bits per heavy atom. The van der Waals surface area contributed by atoms with E-state index in [1.165, 1.54) is 0 Å². The van der Waals surface area contributed by atoms with Crippen molar-refractivity contribution < 1.29 is 9.53 Å². The number of esters is 1. The van der Waals surface area contributed by atoms with E-state index >= 15 is 0 Å². The maximum absolute atomic E-state index is 11.0. The Kier molecular flexibility index (Phi) is 3.37. The van der Waals surface area contributed by atoms with E-state index in [0.29, 0.717) is 11.4 Å². The van der Waals surface area contributed by atoms with Crippen LogP contribution in [0.3, 0.4) is 0 Å². The lowest BCUT2D eigenvalue weighted by atomic mass is 10.0. The van der Waals surface area contributed by atoms with Crippen LogP contribution in [0.1, 0.15) is 26.2 Å². The van der Waals surface area contributed by atoms with Crippen molar-refractivity contribution in [2.45, 2.75) is 31.0 Å². The van der Waals surface area contributed by atoms with E-state index in [4.69, 9.17) is 4.74 Å². The average Bonchev–Trinajstić information content (AvgIpc) is 2.37. The van der Waals surface area contributed by atoms with Gasteiger partial charge in [-0.3, -0.25) is 4.79 Å². The van der Waals surface area contributed by atoms with Gasteiger partial charge in [-0.1, -0.05) is 22.9 Å². The maximum atomic E-state index is 11.0. The molecule has 64 valence electrons. The van der Waals surface area contributed by atoms with E-state index in [-0.39, 0.29) is 11.9 Å². The molecule has 1 rings (SSSR count). The smallest absolute Gasteiger partial charge is 0.309 e. The Hall–Kier alpha value is -0.0500. The van der Waals surface area contributed by atoms with Crippen molar-refractivity contribution in [3.8, 4) is 0 Å². The molecule has 0 radical (unpaired) electrons. The molecular weight excluding hydrogens is 208 g/mol. The molecular formula is C8H13BrO2. The fourth-order valence-corrected chi connectivity index (χ4v) is 1.68. The van der Waals surface area contributed by atoms with Gasteiger partial charge in [-0.25, -0.2) is 0 Å². The van der Waals surface area contributed by atoms with Gasteiger partial charge in [0.1, 0.15) is 0 Å². The van der Waals surface area contributed by atoms with E-state index in [0.717, 1.165) is 19.3 Å². The second-order valence-electron chi connectivity index (χ2n) is 2.89. The van der Waals surface area contributed by atoms with Gasteiger partial charge < -0.3 is 4.74 Å². The first-order valence-electron chi connectivity index (χ1n) is 4.04. The average molecular weight is 221 g/mol. The molecule has 0 bridgehead atoms. The summed E-state index contributed by atoms with van der Waals surface area (Å²) in [5.41, 5.74) is 0. The summed E-state index contributed by atoms with van der Waals surface area (Å²) < 4.78 is 4.85. The van der Waals surface area contributed by atoms with Crippen LogP contribution in [0.4, 0.5) is 0 Å². The molecule has 1 heterocycles. The van der Waals surface area contributed by atoms with Crippen LogP contribution in [-0.4, -0.2) is 17.4 Å². The largest absolute Gasteiger partial charge is 0.465 e. The maximum Gasteiger partial charge on any atom is 0.309 e. The summed E-state index contributed by atoms with van der Waals surface area (Å²) in [6, 6.07) is 0. The number of hydrogen-bond acceptors (Lipinski definition) is 2. The fraction of sp³-hybridized carbons (Fsp3) is 0.875. The Bertz CT molecular complexity index is 147. The van der Waals surface area contributed by atoms with Gasteiger partial charge in [0.25, 0.3) is 0 Å². The third-order valence-corrected chi connectivity index (χ3v) is 3.05. The number of cyclic esters (lactones) is 1. The standard InChI is InChI=1S/C8H13BrO2/c1-2-7(9)5-6-3-4-11-8(6)10/h6-7H,2-5H2,1H3. The van der Waals surface area contributed by atoms with E-state index < -0.39 is 0 Å². The molecule has 0 aliphatic carbocycles. The van der Waals surface area contributed by atoms with Crippen LogP contribution in [0.5, 0.6) is 0 Å². The topological polar surface area (TPSA) is 26.3 Å². The van der Waals surface area contributed by atoms with Gasteiger partial charge in [0.05, 0.1) is 12.5 Å². The van der Waals surface area contributed by atoms with Crippen LogP contribution in [0.25, 0.3) is 0 Å². The Morgan fingerprint density at radius 2 is 2.55 bits per heavy atom. The summed E-state index contributed by atoms with van der Waals surface area (Å²) in [5.74, 6) is 0.141. The van der Waals surface area contributed by atoms with E-state index in [2.05, 4.69) is 22.9 Å². The number of carbonyl (C=O) groups excluding carboxylic acids is 1. The molecule has 11 heavy (non-hydrogen) atoms. The summed E-state index contributed by atoms with van der Waals surface area (Å²) in [6.07, 6.45) is 2.90. The van der Waals surface area contributed by atoms with Crippen molar-refractivity contribution in [3.05, 3.63) is 0 Å². The first-order chi connectivity index (χ1) is 5.24. The molecule has 2 nitrogen and oxygen atoms in total. The minimum Gasteiger partial charge on any atom is -0.465 e. The molecule has 3 heteroatoms. The molecule has 0 aromatic heterocycles. The Morgan fingerprint density at radius 3 is 3.00 bits per heavy atom. The normalized spacial score (nSPS) is 26.7. The molecule has 0 N–H and O–H groups in total. The highest BCUT2D eigenvalue weighted by molar-refractivity contribution is 9.09. The van der Waals surface area contributed by atoms with Crippen molar-refractivity contribution >= 4 is 21.9 Å². The van der Waals surface area contributed by atoms with Gasteiger partial charge in [0, 0.05) is 4.83 Å². The zero-order chi connectivity index (χ0) is 8.27. The predicted octanol–water partition coefficient (Wildman–Crippen LogP) is 2.11. The zero-order valence-corrected chi connectivity index (χ0v) is 8.26. The molecule has 1 aliphatic rings. The number of carbonyl (C=O) groups is 1. The third-order valence-electron chi connectivity index (χ3n) is 2.03. The summed E-state index contributed by atoms with van der Waals surface area (Å²) in [4.78, 5) is 11.5. The highest BCUT2D eigenvalue weighted by Gasteiger charge is 2.27. The highest BCUT2D eigenvalue weighted by Crippen LogP contribution is 2.24. The van der Waals surface area contributed by atoms with Crippen molar-refractivity contribution in [1.29, 1.82) is 0 Å². The molecule has 0 aromatic rings. The van der Waals surface area contributed by atoms with Gasteiger partial charge in [0.2, 0.25) is 0 Å². The van der Waals surface area contributed by atoms with Gasteiger partial charge in [0.15, 0.2) is 0 Å².